The van der Waals surface area contributed by atoms with E-state index in [1.807, 2.05) is 30.8 Å². The molecule has 3 rings (SSSR count). The van der Waals surface area contributed by atoms with Gasteiger partial charge in [-0.3, -0.25) is 0 Å². The molecule has 0 saturated carbocycles. The van der Waals surface area contributed by atoms with Gasteiger partial charge in [0, 0.05) is 30.2 Å². The maximum absolute atomic E-state index is 8.84. The average molecular weight is 345 g/mol. The standard InChI is InChI=1S/C21H23N5/c1-5-15(3)24-19-11-20(21-12-23-13-26(21)4)25-18-9-14(2)16(7-6-8-22)10-17(18)19/h6-7,9-13,15H,5H2,1-4H3,(H,24,25)/b7-6+. The van der Waals surface area contributed by atoms with E-state index < -0.39 is 0 Å². The molecule has 2 aromatic heterocycles. The van der Waals surface area contributed by atoms with Gasteiger partial charge in [0.1, 0.15) is 0 Å². The summed E-state index contributed by atoms with van der Waals surface area (Å²) in [6.45, 7) is 6.37. The van der Waals surface area contributed by atoms with E-state index in [-0.39, 0.29) is 0 Å². The Hall–Kier alpha value is -3.13. The maximum Gasteiger partial charge on any atom is 0.0948 e. The monoisotopic (exact) mass is 345 g/mol. The number of benzene rings is 1. The molecule has 0 saturated heterocycles. The molecular formula is C21H23N5. The van der Waals surface area contributed by atoms with Crippen molar-refractivity contribution in [1.29, 1.82) is 5.26 Å². The Morgan fingerprint density at radius 3 is 2.81 bits per heavy atom. The van der Waals surface area contributed by atoms with Crippen LogP contribution in [0.4, 0.5) is 5.69 Å². The number of nitrogens with one attached hydrogen (secondary N) is 1. The number of hydrogen-bond donors (Lipinski definition) is 1. The van der Waals surface area contributed by atoms with Crippen molar-refractivity contribution in [3.8, 4) is 17.5 Å². The summed E-state index contributed by atoms with van der Waals surface area (Å²) in [6.07, 6.45) is 7.99. The van der Waals surface area contributed by atoms with Gasteiger partial charge in [-0.2, -0.15) is 5.26 Å². The molecule has 0 aliphatic carbocycles. The summed E-state index contributed by atoms with van der Waals surface area (Å²) in [5.41, 5.74) is 5.97. The lowest BCUT2D eigenvalue weighted by Crippen LogP contribution is -2.14. The van der Waals surface area contributed by atoms with Crippen LogP contribution in [0.25, 0.3) is 28.4 Å². The third kappa shape index (κ3) is 3.45. The van der Waals surface area contributed by atoms with E-state index in [4.69, 9.17) is 10.2 Å². The molecule has 26 heavy (non-hydrogen) atoms. The van der Waals surface area contributed by atoms with Gasteiger partial charge in [-0.05, 0) is 55.7 Å². The van der Waals surface area contributed by atoms with Gasteiger partial charge in [0.25, 0.3) is 0 Å². The molecule has 0 amide bonds. The SMILES string of the molecule is CCC(C)Nc1cc(-c2cncn2C)nc2cc(C)c(/C=C/C#N)cc12. The van der Waals surface area contributed by atoms with Crippen molar-refractivity contribution in [3.63, 3.8) is 0 Å². The fourth-order valence-corrected chi connectivity index (χ4v) is 2.92. The van der Waals surface area contributed by atoms with Crippen LogP contribution in [0.2, 0.25) is 0 Å². The third-order valence-electron chi connectivity index (χ3n) is 4.63. The number of anilines is 1. The van der Waals surface area contributed by atoms with Crippen molar-refractivity contribution in [3.05, 3.63) is 47.9 Å². The Bertz CT molecular complexity index is 1010. The largest absolute Gasteiger partial charge is 0.382 e. The van der Waals surface area contributed by atoms with E-state index in [0.29, 0.717) is 6.04 Å². The Labute approximate surface area is 154 Å². The van der Waals surface area contributed by atoms with E-state index in [1.165, 1.54) is 6.08 Å². The first-order valence-corrected chi connectivity index (χ1v) is 8.78. The summed E-state index contributed by atoms with van der Waals surface area (Å²) in [5, 5.41) is 13.5. The van der Waals surface area contributed by atoms with Crippen LogP contribution in [0, 0.1) is 18.3 Å². The number of pyridine rings is 1. The highest BCUT2D eigenvalue weighted by Crippen LogP contribution is 2.31. The first-order chi connectivity index (χ1) is 12.5. The second kappa shape index (κ2) is 7.40. The van der Waals surface area contributed by atoms with Crippen molar-refractivity contribution in [2.24, 2.45) is 7.05 Å². The van der Waals surface area contributed by atoms with Crippen LogP contribution in [0.1, 0.15) is 31.4 Å². The van der Waals surface area contributed by atoms with E-state index in [9.17, 15) is 0 Å². The molecule has 1 atom stereocenters. The topological polar surface area (TPSA) is 66.5 Å². The van der Waals surface area contributed by atoms with Crippen LogP contribution in [0.15, 0.2) is 36.8 Å². The van der Waals surface area contributed by atoms with E-state index in [2.05, 4.69) is 48.4 Å². The lowest BCUT2D eigenvalue weighted by molar-refractivity contribution is 0.765. The second-order valence-corrected chi connectivity index (χ2v) is 6.59. The van der Waals surface area contributed by atoms with Gasteiger partial charge >= 0.3 is 0 Å². The number of nitrogens with zero attached hydrogens (tertiary/aromatic N) is 4. The lowest BCUT2D eigenvalue weighted by atomic mass is 10.0. The van der Waals surface area contributed by atoms with Crippen LogP contribution in [-0.4, -0.2) is 20.6 Å². The molecule has 0 aliphatic rings. The molecule has 1 aromatic carbocycles. The van der Waals surface area contributed by atoms with Gasteiger partial charge in [0.15, 0.2) is 0 Å². The van der Waals surface area contributed by atoms with Crippen molar-refractivity contribution >= 4 is 22.7 Å². The van der Waals surface area contributed by atoms with Gasteiger partial charge in [-0.25, -0.2) is 9.97 Å². The fraction of sp³-hybridized carbons (Fsp3) is 0.286. The number of allylic oxidation sites excluding steroid dienone is 1. The Morgan fingerprint density at radius 2 is 2.15 bits per heavy atom. The Kier molecular flexibility index (Phi) is 5.04. The molecule has 0 aliphatic heterocycles. The smallest absolute Gasteiger partial charge is 0.0948 e. The van der Waals surface area contributed by atoms with Crippen LogP contribution in [-0.2, 0) is 7.05 Å². The van der Waals surface area contributed by atoms with E-state index in [0.717, 1.165) is 45.5 Å². The van der Waals surface area contributed by atoms with Gasteiger partial charge < -0.3 is 9.88 Å². The summed E-state index contributed by atoms with van der Waals surface area (Å²) in [6, 6.07) is 8.67. The molecule has 132 valence electrons. The summed E-state index contributed by atoms with van der Waals surface area (Å²) >= 11 is 0. The highest BCUT2D eigenvalue weighted by Gasteiger charge is 2.13. The predicted molar refractivity (Wildman–Crippen MR) is 107 cm³/mol. The number of rotatable bonds is 5. The number of fused-ring (bicyclic) bond motifs is 1. The zero-order valence-corrected chi connectivity index (χ0v) is 15.6. The first-order valence-electron chi connectivity index (χ1n) is 8.78. The molecule has 1 N–H and O–H groups in total. The minimum Gasteiger partial charge on any atom is -0.382 e. The Balaban J connectivity index is 2.24. The first kappa shape index (κ1) is 17.7. The molecule has 5 nitrogen and oxygen atoms in total. The minimum atomic E-state index is 0.347. The maximum atomic E-state index is 8.84. The number of imidazole rings is 1. The molecule has 0 bridgehead atoms. The molecule has 1 unspecified atom stereocenters. The lowest BCUT2D eigenvalue weighted by Gasteiger charge is -2.17. The van der Waals surface area contributed by atoms with Crippen LogP contribution in [0.5, 0.6) is 0 Å². The zero-order valence-electron chi connectivity index (χ0n) is 15.6. The summed E-state index contributed by atoms with van der Waals surface area (Å²) < 4.78 is 1.97. The van der Waals surface area contributed by atoms with Crippen LogP contribution in [0.3, 0.4) is 0 Å². The normalized spacial score (nSPS) is 12.4. The van der Waals surface area contributed by atoms with Crippen molar-refractivity contribution in [2.75, 3.05) is 5.32 Å². The molecular weight excluding hydrogens is 322 g/mol. The average Bonchev–Trinajstić information content (AvgIpc) is 3.05. The fourth-order valence-electron chi connectivity index (χ4n) is 2.92. The van der Waals surface area contributed by atoms with Gasteiger partial charge in [0.05, 0.1) is 35.5 Å². The quantitative estimate of drug-likeness (QED) is 0.681. The van der Waals surface area contributed by atoms with Gasteiger partial charge in [-0.1, -0.05) is 6.92 Å². The summed E-state index contributed by atoms with van der Waals surface area (Å²) in [4.78, 5) is 9.08. The molecule has 0 fully saturated rings. The number of nitriles is 1. The third-order valence-corrected chi connectivity index (χ3v) is 4.63. The zero-order chi connectivity index (χ0) is 18.7. The van der Waals surface area contributed by atoms with Gasteiger partial charge in [0.2, 0.25) is 0 Å². The molecule has 5 heteroatoms. The molecule has 3 aromatic rings. The second-order valence-electron chi connectivity index (χ2n) is 6.59. The van der Waals surface area contributed by atoms with Crippen molar-refractivity contribution in [1.82, 2.24) is 14.5 Å². The van der Waals surface area contributed by atoms with Crippen LogP contribution < -0.4 is 5.32 Å². The van der Waals surface area contributed by atoms with E-state index >= 15 is 0 Å². The molecule has 0 radical (unpaired) electrons. The van der Waals surface area contributed by atoms with Crippen LogP contribution >= 0.6 is 0 Å². The number of hydrogen-bond acceptors (Lipinski definition) is 4. The minimum absolute atomic E-state index is 0.347. The molecule has 0 spiro atoms. The Morgan fingerprint density at radius 1 is 1.35 bits per heavy atom. The highest BCUT2D eigenvalue weighted by molar-refractivity contribution is 5.95. The van der Waals surface area contributed by atoms with E-state index in [1.54, 1.807) is 6.33 Å². The van der Waals surface area contributed by atoms with Crippen molar-refractivity contribution in [2.45, 2.75) is 33.2 Å². The molecule has 2 heterocycles. The summed E-state index contributed by atoms with van der Waals surface area (Å²) in [7, 11) is 1.97. The number of aromatic nitrogens is 3. The van der Waals surface area contributed by atoms with Crippen molar-refractivity contribution < 1.29 is 0 Å². The number of aryl methyl sites for hydroxylation is 2. The van der Waals surface area contributed by atoms with Gasteiger partial charge in [-0.15, -0.1) is 0 Å². The highest BCUT2D eigenvalue weighted by atomic mass is 15.0. The summed E-state index contributed by atoms with van der Waals surface area (Å²) in [5.74, 6) is 0. The predicted octanol–water partition coefficient (Wildman–Crippen LogP) is 4.69.